The summed E-state index contributed by atoms with van der Waals surface area (Å²) in [7, 11) is 0. The van der Waals surface area contributed by atoms with E-state index in [1.165, 1.54) is 30.5 Å². The fourth-order valence-electron chi connectivity index (χ4n) is 2.12. The smallest absolute Gasteiger partial charge is 0.335 e. The molecule has 0 unspecified atom stereocenters. The van der Waals surface area contributed by atoms with Gasteiger partial charge in [-0.15, -0.1) is 0 Å². The highest BCUT2D eigenvalue weighted by Crippen LogP contribution is 2.21. The number of carbonyl (C=O) groups is 1. The summed E-state index contributed by atoms with van der Waals surface area (Å²) in [5, 5.41) is 9.77. The van der Waals surface area contributed by atoms with Crippen molar-refractivity contribution in [3.05, 3.63) is 61.2 Å². The minimum atomic E-state index is -1.10. The van der Waals surface area contributed by atoms with Gasteiger partial charge >= 0.3 is 5.97 Å². The average Bonchev–Trinajstić information content (AvgIpc) is 2.48. The third kappa shape index (κ3) is 2.74. The number of carboxylic acid groups (broad SMARTS) is 1. The molecule has 0 radical (unpaired) electrons. The third-order valence-corrected chi connectivity index (χ3v) is 3.91. The molecule has 0 aliphatic heterocycles. The fraction of sp³-hybridized carbons (Fsp3) is 0. The first-order chi connectivity index (χ1) is 10.9. The Bertz CT molecular complexity index is 1080. The number of nitrogens with zero attached hydrogens (tertiary/aromatic N) is 2. The van der Waals surface area contributed by atoms with Crippen LogP contribution in [0.5, 0.6) is 0 Å². The second-order valence-corrected chi connectivity index (χ2v) is 5.83. The molecule has 9 heteroatoms. The molecule has 0 aliphatic rings. The number of benzene rings is 1. The molecule has 0 amide bonds. The summed E-state index contributed by atoms with van der Waals surface area (Å²) in [5.74, 6) is -0.954. The van der Waals surface area contributed by atoms with Crippen molar-refractivity contribution in [2.24, 2.45) is 0 Å². The lowest BCUT2D eigenvalue weighted by atomic mass is 10.1. The molecule has 6 nitrogen and oxygen atoms in total. The van der Waals surface area contributed by atoms with E-state index < -0.39 is 11.5 Å². The number of hydrogen-bond donors (Lipinski definition) is 2. The van der Waals surface area contributed by atoms with Crippen LogP contribution in [-0.2, 0) is 0 Å². The van der Waals surface area contributed by atoms with Crippen molar-refractivity contribution in [2.75, 3.05) is 0 Å². The second kappa shape index (κ2) is 5.77. The van der Waals surface area contributed by atoms with Crippen molar-refractivity contribution in [3.63, 3.8) is 0 Å². The number of aromatic nitrogens is 3. The summed E-state index contributed by atoms with van der Waals surface area (Å²) in [4.78, 5) is 30.5. The lowest BCUT2D eigenvalue weighted by Crippen LogP contribution is -2.22. The maximum absolute atomic E-state index is 12.7. The molecule has 23 heavy (non-hydrogen) atoms. The van der Waals surface area contributed by atoms with Crippen molar-refractivity contribution < 1.29 is 9.90 Å². The van der Waals surface area contributed by atoms with Gasteiger partial charge in [0.15, 0.2) is 10.6 Å². The fourth-order valence-corrected chi connectivity index (χ4v) is 2.86. The Hall–Kier alpha value is -2.22. The van der Waals surface area contributed by atoms with E-state index in [9.17, 15) is 9.59 Å². The minimum Gasteiger partial charge on any atom is -0.478 e. The van der Waals surface area contributed by atoms with Gasteiger partial charge in [-0.1, -0.05) is 23.2 Å². The van der Waals surface area contributed by atoms with Crippen LogP contribution in [0, 0.1) is 4.77 Å². The molecule has 3 aromatic rings. The molecule has 0 atom stereocenters. The first kappa shape index (κ1) is 15.7. The maximum atomic E-state index is 12.7. The molecule has 0 bridgehead atoms. The number of hydrogen-bond acceptors (Lipinski definition) is 4. The van der Waals surface area contributed by atoms with Crippen LogP contribution in [0.15, 0.2) is 35.3 Å². The zero-order valence-electron chi connectivity index (χ0n) is 11.2. The number of halogens is 2. The van der Waals surface area contributed by atoms with E-state index in [0.717, 1.165) is 4.57 Å². The van der Waals surface area contributed by atoms with Gasteiger partial charge in [-0.25, -0.2) is 14.3 Å². The quantitative estimate of drug-likeness (QED) is 0.677. The second-order valence-electron chi connectivity index (χ2n) is 4.60. The van der Waals surface area contributed by atoms with E-state index in [1.807, 2.05) is 0 Å². The first-order valence-electron chi connectivity index (χ1n) is 6.22. The topological polar surface area (TPSA) is 88.0 Å². The molecular weight excluding hydrogens is 361 g/mol. The van der Waals surface area contributed by atoms with Gasteiger partial charge in [0.1, 0.15) is 0 Å². The molecule has 0 fully saturated rings. The largest absolute Gasteiger partial charge is 0.478 e. The number of carboxylic acids is 1. The average molecular weight is 368 g/mol. The van der Waals surface area contributed by atoms with Crippen molar-refractivity contribution in [2.45, 2.75) is 0 Å². The van der Waals surface area contributed by atoms with Gasteiger partial charge in [0.25, 0.3) is 5.56 Å². The molecule has 2 N–H and O–H groups in total. The van der Waals surface area contributed by atoms with Crippen LogP contribution in [0.3, 0.4) is 0 Å². The lowest BCUT2D eigenvalue weighted by Gasteiger charge is -2.09. The Kier molecular flexibility index (Phi) is 3.93. The summed E-state index contributed by atoms with van der Waals surface area (Å²) >= 11 is 17.1. The monoisotopic (exact) mass is 367 g/mol. The van der Waals surface area contributed by atoms with Crippen LogP contribution in [0.25, 0.3) is 16.7 Å². The molecular formula is C14H7Cl2N3O3S. The standard InChI is InChI=1S/C14H7Cl2N3O3S/c15-7-4-9(16)11(17-5-7)19-12(20)8-2-1-6(13(21)22)3-10(8)18-14(19)23/h1-5H,(H,18,23)(H,21,22). The van der Waals surface area contributed by atoms with Crippen LogP contribution in [0.1, 0.15) is 10.4 Å². The molecule has 0 aliphatic carbocycles. The van der Waals surface area contributed by atoms with Gasteiger partial charge in [-0.3, -0.25) is 4.79 Å². The molecule has 3 rings (SSSR count). The van der Waals surface area contributed by atoms with Crippen molar-refractivity contribution >= 4 is 52.3 Å². The summed E-state index contributed by atoms with van der Waals surface area (Å²) < 4.78 is 1.18. The molecule has 116 valence electrons. The highest BCUT2D eigenvalue weighted by atomic mass is 35.5. The number of rotatable bonds is 2. The highest BCUT2D eigenvalue weighted by Gasteiger charge is 2.13. The summed E-state index contributed by atoms with van der Waals surface area (Å²) in [6, 6.07) is 5.54. The highest BCUT2D eigenvalue weighted by molar-refractivity contribution is 7.71. The van der Waals surface area contributed by atoms with E-state index in [0.29, 0.717) is 10.5 Å². The van der Waals surface area contributed by atoms with E-state index in [1.54, 1.807) is 0 Å². The molecule has 0 saturated heterocycles. The Labute approximate surface area is 143 Å². The zero-order chi connectivity index (χ0) is 16.7. The number of aromatic carboxylic acids is 1. The van der Waals surface area contributed by atoms with Crippen LogP contribution >= 0.6 is 35.4 Å². The summed E-state index contributed by atoms with van der Waals surface area (Å²) in [6.45, 7) is 0. The Balaban J connectivity index is 2.35. The van der Waals surface area contributed by atoms with Gasteiger partial charge in [0.05, 0.1) is 26.5 Å². The normalized spacial score (nSPS) is 10.9. The van der Waals surface area contributed by atoms with E-state index in [2.05, 4.69) is 9.97 Å². The number of H-pyrrole nitrogens is 1. The van der Waals surface area contributed by atoms with Crippen molar-refractivity contribution in [1.29, 1.82) is 0 Å². The minimum absolute atomic E-state index is 0.0433. The molecule has 2 aromatic heterocycles. The van der Waals surface area contributed by atoms with Crippen LogP contribution in [-0.4, -0.2) is 25.6 Å². The van der Waals surface area contributed by atoms with Crippen LogP contribution in [0.4, 0.5) is 0 Å². The van der Waals surface area contributed by atoms with Gasteiger partial charge in [-0.05, 0) is 36.5 Å². The maximum Gasteiger partial charge on any atom is 0.335 e. The number of aromatic amines is 1. The molecule has 0 spiro atoms. The van der Waals surface area contributed by atoms with Gasteiger partial charge in [0, 0.05) is 6.20 Å². The first-order valence-corrected chi connectivity index (χ1v) is 7.38. The predicted molar refractivity (Wildman–Crippen MR) is 89.5 cm³/mol. The zero-order valence-corrected chi connectivity index (χ0v) is 13.5. The van der Waals surface area contributed by atoms with Crippen LogP contribution < -0.4 is 5.56 Å². The number of nitrogens with one attached hydrogen (secondary N) is 1. The van der Waals surface area contributed by atoms with E-state index in [4.69, 9.17) is 40.5 Å². The molecule has 2 heterocycles. The Morgan fingerprint density at radius 3 is 2.70 bits per heavy atom. The van der Waals surface area contributed by atoms with Gasteiger partial charge in [0.2, 0.25) is 0 Å². The molecule has 1 aromatic carbocycles. The number of fused-ring (bicyclic) bond motifs is 1. The Morgan fingerprint density at radius 1 is 1.30 bits per heavy atom. The van der Waals surface area contributed by atoms with E-state index in [-0.39, 0.29) is 26.6 Å². The molecule has 0 saturated carbocycles. The van der Waals surface area contributed by atoms with Crippen molar-refractivity contribution in [3.8, 4) is 5.82 Å². The van der Waals surface area contributed by atoms with Gasteiger partial charge in [-0.2, -0.15) is 0 Å². The van der Waals surface area contributed by atoms with Crippen molar-refractivity contribution in [1.82, 2.24) is 14.5 Å². The third-order valence-electron chi connectivity index (χ3n) is 3.14. The number of pyridine rings is 1. The van der Waals surface area contributed by atoms with Gasteiger partial charge < -0.3 is 10.1 Å². The lowest BCUT2D eigenvalue weighted by molar-refractivity contribution is 0.0697. The Morgan fingerprint density at radius 2 is 2.04 bits per heavy atom. The predicted octanol–water partition coefficient (Wildman–Crippen LogP) is 3.45. The van der Waals surface area contributed by atoms with E-state index >= 15 is 0 Å². The summed E-state index contributed by atoms with van der Waals surface area (Å²) in [6.07, 6.45) is 1.35. The summed E-state index contributed by atoms with van der Waals surface area (Å²) in [5.41, 5.74) is -0.0957. The SMILES string of the molecule is O=C(O)c1ccc2c(=O)n(-c3ncc(Cl)cc3Cl)c(=S)[nH]c2c1. The van der Waals surface area contributed by atoms with Crippen LogP contribution in [0.2, 0.25) is 10.0 Å².